The van der Waals surface area contributed by atoms with E-state index in [1.165, 1.54) is 11.6 Å². The first-order valence-corrected chi connectivity index (χ1v) is 3.95. The van der Waals surface area contributed by atoms with E-state index in [4.69, 9.17) is 0 Å². The van der Waals surface area contributed by atoms with Crippen molar-refractivity contribution in [3.8, 4) is 0 Å². The van der Waals surface area contributed by atoms with Gasteiger partial charge in [-0.25, -0.2) is 4.68 Å². The summed E-state index contributed by atoms with van der Waals surface area (Å²) in [6, 6.07) is -0.667. The fourth-order valence-electron chi connectivity index (χ4n) is 1.58. The molecule has 0 aliphatic carbocycles. The molecule has 72 valence electrons. The predicted octanol–water partition coefficient (Wildman–Crippen LogP) is -2.00. The topological polar surface area (TPSA) is 104 Å². The average Bonchev–Trinajstić information content (AvgIpc) is 2.57. The van der Waals surface area contributed by atoms with E-state index in [2.05, 4.69) is 15.5 Å². The first-order valence-electron chi connectivity index (χ1n) is 3.95. The molecule has 3 N–H and O–H groups in total. The lowest BCUT2D eigenvalue weighted by Gasteiger charge is -2.18. The van der Waals surface area contributed by atoms with Gasteiger partial charge in [0.2, 0.25) is 0 Å². The average molecular weight is 186 g/mol. The van der Waals surface area contributed by atoms with E-state index in [0.717, 1.165) is 0 Å². The molecule has 0 unspecified atom stereocenters. The fraction of sp³-hybridized carbons (Fsp3) is 0.833. The van der Waals surface area contributed by atoms with Crippen LogP contribution in [0.3, 0.4) is 0 Å². The smallest absolute Gasteiger partial charge is 0.183 e. The molecule has 0 amide bonds. The van der Waals surface area contributed by atoms with Crippen molar-refractivity contribution in [3.63, 3.8) is 0 Å². The summed E-state index contributed by atoms with van der Waals surface area (Å²) in [7, 11) is 0. The molecule has 13 heavy (non-hydrogen) atoms. The van der Waals surface area contributed by atoms with Crippen LogP contribution in [0.5, 0.6) is 0 Å². The fourth-order valence-corrected chi connectivity index (χ4v) is 1.58. The number of aliphatic hydroxyl groups is 3. The Morgan fingerprint density at radius 2 is 2.15 bits per heavy atom. The maximum Gasteiger partial charge on any atom is 0.183 e. The highest BCUT2D eigenvalue weighted by Gasteiger charge is 2.43. The number of tetrazole rings is 1. The Morgan fingerprint density at radius 3 is 2.77 bits per heavy atom. The SMILES string of the molecule is C[C@@H](O)[C@@H]1[C@H](O)[C@H](O)c2nnnn21. The van der Waals surface area contributed by atoms with Crippen LogP contribution in [0.1, 0.15) is 24.9 Å². The quantitative estimate of drug-likeness (QED) is 0.468. The van der Waals surface area contributed by atoms with Crippen LogP contribution in [0, 0.1) is 0 Å². The molecule has 0 bridgehead atoms. The molecule has 0 fully saturated rings. The Labute approximate surface area is 73.6 Å². The second kappa shape index (κ2) is 2.72. The van der Waals surface area contributed by atoms with E-state index in [1.807, 2.05) is 0 Å². The molecule has 0 radical (unpaired) electrons. The predicted molar refractivity (Wildman–Crippen MR) is 39.5 cm³/mol. The van der Waals surface area contributed by atoms with Crippen molar-refractivity contribution in [3.05, 3.63) is 5.82 Å². The summed E-state index contributed by atoms with van der Waals surface area (Å²) in [5.41, 5.74) is 0. The maximum atomic E-state index is 9.50. The van der Waals surface area contributed by atoms with Gasteiger partial charge in [0.25, 0.3) is 0 Å². The molecular formula is C6H10N4O3. The number of aliphatic hydroxyl groups excluding tert-OH is 3. The molecule has 1 aliphatic heterocycles. The first-order chi connectivity index (χ1) is 6.13. The van der Waals surface area contributed by atoms with E-state index in [-0.39, 0.29) is 5.82 Å². The number of hydrogen-bond acceptors (Lipinski definition) is 6. The number of aromatic nitrogens is 4. The minimum absolute atomic E-state index is 0.193. The van der Waals surface area contributed by atoms with Gasteiger partial charge in [-0.1, -0.05) is 0 Å². The van der Waals surface area contributed by atoms with Crippen LogP contribution in [0.25, 0.3) is 0 Å². The Hall–Kier alpha value is -1.05. The van der Waals surface area contributed by atoms with Gasteiger partial charge in [0.1, 0.15) is 18.2 Å². The number of fused-ring (bicyclic) bond motifs is 1. The third kappa shape index (κ3) is 1.05. The van der Waals surface area contributed by atoms with Crippen molar-refractivity contribution in [2.45, 2.75) is 31.3 Å². The third-order valence-corrected chi connectivity index (χ3v) is 2.23. The lowest BCUT2D eigenvalue weighted by molar-refractivity contribution is -0.0247. The minimum Gasteiger partial charge on any atom is -0.391 e. The van der Waals surface area contributed by atoms with Crippen molar-refractivity contribution in [1.29, 1.82) is 0 Å². The monoisotopic (exact) mass is 186 g/mol. The zero-order chi connectivity index (χ0) is 9.59. The van der Waals surface area contributed by atoms with Gasteiger partial charge in [-0.2, -0.15) is 0 Å². The van der Waals surface area contributed by atoms with Crippen LogP contribution >= 0.6 is 0 Å². The summed E-state index contributed by atoms with van der Waals surface area (Å²) < 4.78 is 1.25. The zero-order valence-electron chi connectivity index (χ0n) is 6.94. The molecule has 0 saturated carbocycles. The van der Waals surface area contributed by atoms with Gasteiger partial charge in [-0.3, -0.25) is 0 Å². The summed E-state index contributed by atoms with van der Waals surface area (Å²) in [6.07, 6.45) is -3.00. The van der Waals surface area contributed by atoms with Gasteiger partial charge in [0.15, 0.2) is 5.82 Å². The van der Waals surface area contributed by atoms with Crippen molar-refractivity contribution < 1.29 is 15.3 Å². The van der Waals surface area contributed by atoms with Crippen molar-refractivity contribution in [1.82, 2.24) is 20.2 Å². The zero-order valence-corrected chi connectivity index (χ0v) is 6.94. The van der Waals surface area contributed by atoms with Gasteiger partial charge in [-0.15, -0.1) is 5.10 Å². The van der Waals surface area contributed by atoms with Crippen molar-refractivity contribution in [2.75, 3.05) is 0 Å². The molecule has 2 rings (SSSR count). The second-order valence-electron chi connectivity index (χ2n) is 3.15. The lowest BCUT2D eigenvalue weighted by atomic mass is 10.1. The van der Waals surface area contributed by atoms with Gasteiger partial charge in [0.05, 0.1) is 6.10 Å². The first kappa shape index (κ1) is 8.54. The van der Waals surface area contributed by atoms with Crippen LogP contribution in [-0.4, -0.2) is 47.7 Å². The van der Waals surface area contributed by atoms with Crippen LogP contribution in [0.4, 0.5) is 0 Å². The highest BCUT2D eigenvalue weighted by Crippen LogP contribution is 2.33. The molecule has 1 aromatic heterocycles. The molecule has 0 spiro atoms. The normalized spacial score (nSPS) is 34.6. The highest BCUT2D eigenvalue weighted by molar-refractivity contribution is 5.05. The van der Waals surface area contributed by atoms with Crippen LogP contribution in [0.2, 0.25) is 0 Å². The lowest BCUT2D eigenvalue weighted by Crippen LogP contribution is -2.30. The van der Waals surface area contributed by atoms with E-state index < -0.39 is 24.4 Å². The minimum atomic E-state index is -1.12. The molecule has 7 heteroatoms. The Balaban J connectivity index is 2.42. The molecule has 1 aliphatic rings. The van der Waals surface area contributed by atoms with Gasteiger partial charge in [-0.05, 0) is 17.4 Å². The summed E-state index contributed by atoms with van der Waals surface area (Å²) >= 11 is 0. The number of hydrogen-bond donors (Lipinski definition) is 3. The summed E-state index contributed by atoms with van der Waals surface area (Å²) in [6.45, 7) is 1.51. The number of nitrogens with zero attached hydrogens (tertiary/aromatic N) is 4. The van der Waals surface area contributed by atoms with E-state index in [0.29, 0.717) is 0 Å². The molecule has 1 aromatic rings. The second-order valence-corrected chi connectivity index (χ2v) is 3.15. The maximum absolute atomic E-state index is 9.50. The van der Waals surface area contributed by atoms with Gasteiger partial charge < -0.3 is 15.3 Å². The summed E-state index contributed by atoms with van der Waals surface area (Å²) in [4.78, 5) is 0. The van der Waals surface area contributed by atoms with Crippen LogP contribution in [-0.2, 0) is 0 Å². The Kier molecular flexibility index (Phi) is 1.79. The summed E-state index contributed by atoms with van der Waals surface area (Å²) in [5, 5.41) is 38.7. The molecule has 4 atom stereocenters. The van der Waals surface area contributed by atoms with Crippen molar-refractivity contribution >= 4 is 0 Å². The molecule has 0 aromatic carbocycles. The molecule has 0 saturated heterocycles. The van der Waals surface area contributed by atoms with Gasteiger partial charge in [0, 0.05) is 0 Å². The van der Waals surface area contributed by atoms with E-state index in [1.54, 1.807) is 0 Å². The Morgan fingerprint density at radius 1 is 1.46 bits per heavy atom. The van der Waals surface area contributed by atoms with Gasteiger partial charge >= 0.3 is 0 Å². The van der Waals surface area contributed by atoms with Crippen LogP contribution < -0.4 is 0 Å². The largest absolute Gasteiger partial charge is 0.391 e. The molecular weight excluding hydrogens is 176 g/mol. The van der Waals surface area contributed by atoms with Crippen LogP contribution in [0.15, 0.2) is 0 Å². The molecule has 2 heterocycles. The highest BCUT2D eigenvalue weighted by atomic mass is 16.3. The van der Waals surface area contributed by atoms with E-state index >= 15 is 0 Å². The standard InChI is InChI=1S/C6H10N4O3/c1-2(11)3-4(12)5(13)6-7-8-9-10(3)6/h2-5,11-13H,1H3/t2-,3-,4+,5+/m1/s1. The Bertz CT molecular complexity index is 313. The van der Waals surface area contributed by atoms with Crippen molar-refractivity contribution in [2.24, 2.45) is 0 Å². The molecule has 7 nitrogen and oxygen atoms in total. The number of rotatable bonds is 1. The summed E-state index contributed by atoms with van der Waals surface area (Å²) in [5.74, 6) is 0.193. The van der Waals surface area contributed by atoms with E-state index in [9.17, 15) is 15.3 Å². The third-order valence-electron chi connectivity index (χ3n) is 2.23.